The fraction of sp³-hybridized carbons (Fsp3) is 0.273. The van der Waals surface area contributed by atoms with E-state index < -0.39 is 11.7 Å². The number of alkyl halides is 3. The zero-order valence-electron chi connectivity index (χ0n) is 18.0. The summed E-state index contributed by atoms with van der Waals surface area (Å²) < 4.78 is 57.1. The number of fused-ring (bicyclic) bond motifs is 1. The highest BCUT2D eigenvalue weighted by Crippen LogP contribution is 2.38. The Bertz CT molecular complexity index is 1340. The number of halogens is 3. The molecule has 7 nitrogen and oxygen atoms in total. The fourth-order valence-corrected chi connectivity index (χ4v) is 4.45. The van der Waals surface area contributed by atoms with Gasteiger partial charge in [0.05, 0.1) is 31.4 Å². The zero-order chi connectivity index (χ0) is 23.8. The first-order chi connectivity index (χ1) is 15.7. The van der Waals surface area contributed by atoms with Crippen LogP contribution in [0.1, 0.15) is 11.1 Å². The summed E-state index contributed by atoms with van der Waals surface area (Å²) in [6.45, 7) is 0.240. The zero-order valence-corrected chi connectivity index (χ0v) is 18.8. The van der Waals surface area contributed by atoms with E-state index in [1.54, 1.807) is 29.2 Å². The molecule has 0 saturated carbocycles. The van der Waals surface area contributed by atoms with Crippen LogP contribution in [0.4, 0.5) is 18.9 Å². The van der Waals surface area contributed by atoms with Gasteiger partial charge in [0.25, 0.3) is 5.56 Å². The minimum absolute atomic E-state index is 0.0958. The lowest BCUT2D eigenvalue weighted by Crippen LogP contribution is -2.42. The second-order valence-electron chi connectivity index (χ2n) is 7.11. The Morgan fingerprint density at radius 2 is 1.76 bits per heavy atom. The van der Waals surface area contributed by atoms with Crippen LogP contribution in [0, 0.1) is 0 Å². The van der Waals surface area contributed by atoms with Crippen LogP contribution >= 0.6 is 11.3 Å². The van der Waals surface area contributed by atoms with E-state index in [9.17, 15) is 18.0 Å². The molecular formula is C22H20F3N3O4S. The van der Waals surface area contributed by atoms with Crippen LogP contribution in [-0.4, -0.2) is 32.6 Å². The number of benzene rings is 2. The van der Waals surface area contributed by atoms with Gasteiger partial charge in [-0.1, -0.05) is 17.4 Å². The second-order valence-corrected chi connectivity index (χ2v) is 8.12. The third kappa shape index (κ3) is 4.40. The van der Waals surface area contributed by atoms with Gasteiger partial charge in [0.2, 0.25) is 5.75 Å². The van der Waals surface area contributed by atoms with Gasteiger partial charge in [0.1, 0.15) is 13.3 Å². The van der Waals surface area contributed by atoms with E-state index in [-0.39, 0.29) is 18.9 Å². The molecule has 11 heteroatoms. The first kappa shape index (κ1) is 22.7. The first-order valence-corrected chi connectivity index (χ1v) is 10.5. The topological polar surface area (TPSA) is 65.3 Å². The van der Waals surface area contributed by atoms with Crippen LogP contribution < -0.4 is 34.0 Å². The smallest absolute Gasteiger partial charge is 0.416 e. The standard InChI is InChI=1S/C22H20F3N3O4S/c1-30-16-7-13(8-17(31-2)19(16)32-3)9-18-20(29)28-12-27(11-26-21(28)33-18)15-6-4-5-14(10-15)22(23,24)25/h4-10H,11-12H2,1-3H3/b18-9-. The molecule has 0 radical (unpaired) electrons. The lowest BCUT2D eigenvalue weighted by Gasteiger charge is -2.26. The van der Waals surface area contributed by atoms with Crippen LogP contribution in [0.3, 0.4) is 0 Å². The van der Waals surface area contributed by atoms with Gasteiger partial charge in [-0.2, -0.15) is 13.2 Å². The molecule has 0 bridgehead atoms. The molecule has 0 aliphatic carbocycles. The SMILES string of the molecule is COc1cc(/C=c2\sc3n(c2=O)CN(c2cccc(C(F)(F)F)c2)CN=3)cc(OC)c1OC. The summed E-state index contributed by atoms with van der Waals surface area (Å²) in [4.78, 5) is 19.6. The summed E-state index contributed by atoms with van der Waals surface area (Å²) in [7, 11) is 4.50. The van der Waals surface area contributed by atoms with Crippen molar-refractivity contribution in [1.29, 1.82) is 0 Å². The molecule has 0 N–H and O–H groups in total. The molecule has 4 rings (SSSR count). The highest BCUT2D eigenvalue weighted by atomic mass is 32.1. The minimum atomic E-state index is -4.45. The molecule has 0 atom stereocenters. The van der Waals surface area contributed by atoms with Crippen molar-refractivity contribution in [3.8, 4) is 17.2 Å². The van der Waals surface area contributed by atoms with Gasteiger partial charge in [-0.15, -0.1) is 0 Å². The predicted octanol–water partition coefficient (Wildman–Crippen LogP) is 2.84. The molecule has 33 heavy (non-hydrogen) atoms. The monoisotopic (exact) mass is 479 g/mol. The number of hydrogen-bond acceptors (Lipinski definition) is 7. The normalized spacial score (nSPS) is 14.0. The van der Waals surface area contributed by atoms with Gasteiger partial charge in [-0.25, -0.2) is 4.99 Å². The summed E-state index contributed by atoms with van der Waals surface area (Å²) in [6, 6.07) is 8.41. The number of thiazole rings is 1. The van der Waals surface area contributed by atoms with Crippen molar-refractivity contribution in [2.45, 2.75) is 12.8 Å². The Hall–Kier alpha value is -3.47. The van der Waals surface area contributed by atoms with E-state index in [4.69, 9.17) is 14.2 Å². The van der Waals surface area contributed by atoms with Crippen molar-refractivity contribution >= 4 is 23.1 Å². The van der Waals surface area contributed by atoms with Gasteiger partial charge in [0, 0.05) is 5.69 Å². The molecular weight excluding hydrogens is 459 g/mol. The lowest BCUT2D eigenvalue weighted by atomic mass is 10.1. The maximum absolute atomic E-state index is 13.1. The molecule has 0 unspecified atom stereocenters. The highest BCUT2D eigenvalue weighted by Gasteiger charge is 2.31. The molecule has 0 saturated heterocycles. The second kappa shape index (κ2) is 8.81. The summed E-state index contributed by atoms with van der Waals surface area (Å²) in [5, 5.41) is 0. The quantitative estimate of drug-likeness (QED) is 0.563. The number of anilines is 1. The number of methoxy groups -OCH3 is 3. The summed E-state index contributed by atoms with van der Waals surface area (Å²) in [6.07, 6.45) is -2.76. The Labute approximate surface area is 190 Å². The van der Waals surface area contributed by atoms with Gasteiger partial charge >= 0.3 is 6.18 Å². The van der Waals surface area contributed by atoms with E-state index in [1.807, 2.05) is 0 Å². The summed E-state index contributed by atoms with van der Waals surface area (Å²) in [5.74, 6) is 1.33. The van der Waals surface area contributed by atoms with Crippen LogP contribution in [-0.2, 0) is 12.8 Å². The van der Waals surface area contributed by atoms with E-state index in [0.29, 0.717) is 37.8 Å². The molecule has 0 amide bonds. The fourth-order valence-electron chi connectivity index (χ4n) is 3.49. The Balaban J connectivity index is 1.71. The number of hydrogen-bond donors (Lipinski definition) is 0. The van der Waals surface area contributed by atoms with Crippen LogP contribution in [0.5, 0.6) is 17.2 Å². The maximum Gasteiger partial charge on any atom is 0.416 e. The molecule has 2 heterocycles. The summed E-state index contributed by atoms with van der Waals surface area (Å²) >= 11 is 1.21. The van der Waals surface area contributed by atoms with Crippen molar-refractivity contribution in [1.82, 2.24) is 4.57 Å². The molecule has 1 aliphatic heterocycles. The van der Waals surface area contributed by atoms with Crippen molar-refractivity contribution in [3.05, 3.63) is 67.2 Å². The number of aromatic nitrogens is 1. The number of nitrogens with zero attached hydrogens (tertiary/aromatic N) is 3. The Kier molecular flexibility index (Phi) is 6.07. The van der Waals surface area contributed by atoms with Crippen molar-refractivity contribution in [2.24, 2.45) is 4.99 Å². The van der Waals surface area contributed by atoms with Gasteiger partial charge in [-0.3, -0.25) is 9.36 Å². The van der Waals surface area contributed by atoms with Crippen LogP contribution in [0.15, 0.2) is 46.2 Å². The predicted molar refractivity (Wildman–Crippen MR) is 118 cm³/mol. The molecule has 1 aromatic heterocycles. The van der Waals surface area contributed by atoms with E-state index >= 15 is 0 Å². The lowest BCUT2D eigenvalue weighted by molar-refractivity contribution is -0.137. The first-order valence-electron chi connectivity index (χ1n) is 9.73. The van der Waals surface area contributed by atoms with E-state index in [1.165, 1.54) is 43.3 Å². The van der Waals surface area contributed by atoms with Crippen molar-refractivity contribution < 1.29 is 27.4 Å². The average Bonchev–Trinajstić information content (AvgIpc) is 3.12. The summed E-state index contributed by atoms with van der Waals surface area (Å²) in [5.41, 5.74) is -0.0351. The largest absolute Gasteiger partial charge is 0.493 e. The van der Waals surface area contributed by atoms with Crippen molar-refractivity contribution in [3.63, 3.8) is 0 Å². The van der Waals surface area contributed by atoms with Crippen molar-refractivity contribution in [2.75, 3.05) is 32.9 Å². The van der Waals surface area contributed by atoms with Crippen LogP contribution in [0.2, 0.25) is 0 Å². The Morgan fingerprint density at radius 1 is 1.06 bits per heavy atom. The third-order valence-corrected chi connectivity index (χ3v) is 6.14. The molecule has 2 aromatic carbocycles. The molecule has 0 fully saturated rings. The third-order valence-electron chi connectivity index (χ3n) is 5.10. The maximum atomic E-state index is 13.1. The van der Waals surface area contributed by atoms with E-state index in [2.05, 4.69) is 4.99 Å². The number of ether oxygens (including phenoxy) is 3. The van der Waals surface area contributed by atoms with Gasteiger partial charge in [0.15, 0.2) is 16.3 Å². The van der Waals surface area contributed by atoms with Gasteiger partial charge in [-0.05, 0) is 42.0 Å². The molecule has 0 spiro atoms. The highest BCUT2D eigenvalue weighted by molar-refractivity contribution is 7.07. The molecule has 3 aromatic rings. The van der Waals surface area contributed by atoms with Crippen LogP contribution in [0.25, 0.3) is 6.08 Å². The number of rotatable bonds is 5. The van der Waals surface area contributed by atoms with Gasteiger partial charge < -0.3 is 19.1 Å². The Morgan fingerprint density at radius 3 is 2.36 bits per heavy atom. The molecule has 1 aliphatic rings. The van der Waals surface area contributed by atoms with E-state index in [0.717, 1.165) is 12.1 Å². The molecule has 174 valence electrons. The average molecular weight is 479 g/mol. The minimum Gasteiger partial charge on any atom is -0.493 e.